The summed E-state index contributed by atoms with van der Waals surface area (Å²) >= 11 is 10.8. The number of carbonyl (C=O) groups is 2. The molecule has 0 radical (unpaired) electrons. The van der Waals surface area contributed by atoms with Crippen molar-refractivity contribution >= 4 is 46.3 Å². The predicted octanol–water partition coefficient (Wildman–Crippen LogP) is 15.4. The van der Waals surface area contributed by atoms with Crippen LogP contribution in [0.1, 0.15) is 134 Å². The number of nitrogens with two attached hydrogens (primary N) is 1. The van der Waals surface area contributed by atoms with Gasteiger partial charge in [0, 0.05) is 88.5 Å². The molecule has 0 bridgehead atoms. The summed E-state index contributed by atoms with van der Waals surface area (Å²) in [6, 6.07) is 39.8. The lowest BCUT2D eigenvalue weighted by Crippen LogP contribution is -2.39. The van der Waals surface area contributed by atoms with E-state index in [1.54, 1.807) is 75.5 Å². The summed E-state index contributed by atoms with van der Waals surface area (Å²) < 4.78 is 1.87. The second kappa shape index (κ2) is 49.4. The molecular formula is C59H88ClN9O2S. The molecule has 7 rings (SSSR count). The molecule has 0 spiro atoms. The van der Waals surface area contributed by atoms with Crippen LogP contribution in [0.15, 0.2) is 165 Å². The minimum Gasteiger partial charge on any atom is -0.373 e. The second-order valence-corrected chi connectivity index (χ2v) is 13.2. The molecule has 3 aromatic carbocycles. The summed E-state index contributed by atoms with van der Waals surface area (Å²) in [6.07, 6.45) is 10.7. The van der Waals surface area contributed by atoms with E-state index in [1.807, 2.05) is 207 Å². The van der Waals surface area contributed by atoms with E-state index in [0.29, 0.717) is 17.1 Å². The number of nitrogens with one attached hydrogen (secondary N) is 2. The molecule has 0 aliphatic carbocycles. The maximum atomic E-state index is 12.0. The molecule has 11 nitrogen and oxygen atoms in total. The maximum Gasteiger partial charge on any atom is 0.185 e. The molecule has 394 valence electrons. The van der Waals surface area contributed by atoms with Gasteiger partial charge in [-0.1, -0.05) is 188 Å². The highest BCUT2D eigenvalue weighted by Gasteiger charge is 2.19. The van der Waals surface area contributed by atoms with E-state index >= 15 is 0 Å². The van der Waals surface area contributed by atoms with Crippen molar-refractivity contribution in [2.24, 2.45) is 12.9 Å². The smallest absolute Gasteiger partial charge is 0.185 e. The van der Waals surface area contributed by atoms with E-state index in [9.17, 15) is 9.59 Å². The fourth-order valence-corrected chi connectivity index (χ4v) is 5.69. The number of anilines is 1. The van der Waals surface area contributed by atoms with Gasteiger partial charge in [0.25, 0.3) is 0 Å². The molecule has 0 saturated heterocycles. The molecule has 7 aromatic rings. The van der Waals surface area contributed by atoms with Crippen molar-refractivity contribution in [2.75, 3.05) is 26.5 Å². The molecule has 4 N–H and O–H groups in total. The average Bonchev–Trinajstić information content (AvgIpc) is 3.83. The highest BCUT2D eigenvalue weighted by Crippen LogP contribution is 2.36. The van der Waals surface area contributed by atoms with Gasteiger partial charge in [-0.25, -0.2) is 5.84 Å². The number of benzene rings is 3. The predicted molar refractivity (Wildman–Crippen MR) is 317 cm³/mol. The number of ketones is 2. The van der Waals surface area contributed by atoms with Crippen molar-refractivity contribution in [1.29, 1.82) is 0 Å². The Hall–Kier alpha value is -6.60. The van der Waals surface area contributed by atoms with Gasteiger partial charge < -0.3 is 10.6 Å². The molecule has 4 aromatic heterocycles. The van der Waals surface area contributed by atoms with Crippen molar-refractivity contribution in [3.8, 4) is 22.4 Å². The van der Waals surface area contributed by atoms with Crippen molar-refractivity contribution < 1.29 is 9.59 Å². The molecule has 0 aliphatic heterocycles. The number of thiocarbonyl (C=S) groups is 1. The van der Waals surface area contributed by atoms with Crippen molar-refractivity contribution in [1.82, 2.24) is 35.1 Å². The molecule has 0 fully saturated rings. The van der Waals surface area contributed by atoms with Gasteiger partial charge in [0.05, 0.1) is 5.56 Å². The largest absolute Gasteiger partial charge is 0.373 e. The number of Topliss-reactive ketones (excluding diaryl/α,β-unsaturated/α-hetero) is 2. The Labute approximate surface area is 446 Å². The first kappa shape index (κ1) is 71.9. The monoisotopic (exact) mass is 1020 g/mol. The van der Waals surface area contributed by atoms with Crippen LogP contribution in [0.2, 0.25) is 0 Å². The Bertz CT molecular complexity index is 2290. The van der Waals surface area contributed by atoms with Gasteiger partial charge >= 0.3 is 0 Å². The van der Waals surface area contributed by atoms with Crippen LogP contribution in [0.4, 0.5) is 5.82 Å². The summed E-state index contributed by atoms with van der Waals surface area (Å²) in [7, 11) is 7.27. The van der Waals surface area contributed by atoms with Gasteiger partial charge in [-0.2, -0.15) is 5.10 Å². The zero-order valence-corrected chi connectivity index (χ0v) is 48.3. The van der Waals surface area contributed by atoms with Crippen LogP contribution in [0, 0.1) is 0 Å². The van der Waals surface area contributed by atoms with Crippen molar-refractivity contribution in [3.63, 3.8) is 0 Å². The number of nitrogens with zero attached hydrogens (tertiary/aromatic N) is 6. The summed E-state index contributed by atoms with van der Waals surface area (Å²) in [5, 5.41) is 11.8. The Morgan fingerprint density at radius 1 is 0.597 bits per heavy atom. The number of alkyl halides is 1. The maximum absolute atomic E-state index is 12.0. The Kier molecular flexibility index (Phi) is 49.3. The minimum atomic E-state index is -0.648. The summed E-state index contributed by atoms with van der Waals surface area (Å²) in [4.78, 5) is 35.7. The van der Waals surface area contributed by atoms with Gasteiger partial charge in [0.2, 0.25) is 0 Å². The van der Waals surface area contributed by atoms with Crippen LogP contribution >= 0.6 is 23.8 Å². The topological polar surface area (TPSA) is 144 Å². The molecule has 1 atom stereocenters. The fraction of sp³-hybridized carbons (Fsp3) is 0.339. The second-order valence-electron chi connectivity index (χ2n) is 12.4. The third-order valence-corrected chi connectivity index (χ3v) is 9.27. The highest BCUT2D eigenvalue weighted by atomic mass is 35.5. The fourth-order valence-electron chi connectivity index (χ4n) is 5.42. The number of carbonyl (C=O) groups excluding carboxylic acids is 2. The van der Waals surface area contributed by atoms with Gasteiger partial charge in [0.15, 0.2) is 16.7 Å². The van der Waals surface area contributed by atoms with Gasteiger partial charge in [-0.3, -0.25) is 34.2 Å². The number of hydrogen-bond acceptors (Lipinski definition) is 9. The molecule has 1 unspecified atom stereocenters. The number of pyridine rings is 3. The van der Waals surface area contributed by atoms with Gasteiger partial charge in [0.1, 0.15) is 16.9 Å². The Morgan fingerprint density at radius 3 is 1.38 bits per heavy atom. The van der Waals surface area contributed by atoms with Crippen LogP contribution in [0.5, 0.6) is 0 Å². The first-order valence-corrected chi connectivity index (χ1v) is 26.0. The third-order valence-electron chi connectivity index (χ3n) is 8.33. The quantitative estimate of drug-likeness (QED) is 0.0418. The van der Waals surface area contributed by atoms with Crippen LogP contribution in [0.3, 0.4) is 0 Å². The Balaban J connectivity index is -0.000000408. The Morgan fingerprint density at radius 2 is 0.986 bits per heavy atom. The van der Waals surface area contributed by atoms with E-state index in [2.05, 4.69) is 55.0 Å². The molecular weight excluding hydrogens is 934 g/mol. The molecule has 0 aliphatic rings. The summed E-state index contributed by atoms with van der Waals surface area (Å²) in [5.74, 6) is 6.22. The van der Waals surface area contributed by atoms with Crippen molar-refractivity contribution in [3.05, 3.63) is 187 Å². The van der Waals surface area contributed by atoms with E-state index in [-0.39, 0.29) is 11.6 Å². The number of aromatic nitrogens is 5. The third kappa shape index (κ3) is 28.3. The van der Waals surface area contributed by atoms with Crippen LogP contribution < -0.4 is 16.5 Å². The van der Waals surface area contributed by atoms with Crippen LogP contribution in [-0.4, -0.2) is 67.6 Å². The highest BCUT2D eigenvalue weighted by molar-refractivity contribution is 7.80. The number of rotatable bonds is 9. The first-order chi connectivity index (χ1) is 35.1. The van der Waals surface area contributed by atoms with E-state index in [1.165, 1.54) is 5.01 Å². The normalized spacial score (nSPS) is 9.00. The van der Waals surface area contributed by atoms with Crippen LogP contribution in [-0.2, 0) is 13.5 Å². The minimum absolute atomic E-state index is 0.0894. The van der Waals surface area contributed by atoms with Crippen LogP contribution in [0.25, 0.3) is 22.4 Å². The van der Waals surface area contributed by atoms with E-state index in [0.717, 1.165) is 44.9 Å². The van der Waals surface area contributed by atoms with E-state index < -0.39 is 5.38 Å². The summed E-state index contributed by atoms with van der Waals surface area (Å²) in [6.45, 7) is 28.0. The molecule has 13 heteroatoms. The zero-order chi connectivity index (χ0) is 55.7. The molecule has 4 heterocycles. The SMILES string of the molecule is CC.CC.CC.CC.CC.CC.CC.CNC(=S)N(C)N.CNc1c(-c2ccncc2)c(-c2ccccc2)nn1C.O=C(Cc1ccncc1)c1ccccc1.O=C(c1ccccc1)C(Cl)c1ccncc1. The van der Waals surface area contributed by atoms with Gasteiger partial charge in [-0.15, -0.1) is 11.6 Å². The van der Waals surface area contributed by atoms with Gasteiger partial charge in [-0.05, 0) is 65.3 Å². The lowest BCUT2D eigenvalue weighted by atomic mass is 10.0. The number of hydrogen-bond donors (Lipinski definition) is 3. The molecule has 0 saturated carbocycles. The molecule has 72 heavy (non-hydrogen) atoms. The lowest BCUT2D eigenvalue weighted by molar-refractivity contribution is 0.0981. The number of hydrazine groups is 1. The average molecular weight is 1020 g/mol. The first-order valence-electron chi connectivity index (χ1n) is 25.2. The molecule has 0 amide bonds. The lowest BCUT2D eigenvalue weighted by Gasteiger charge is -2.10. The standard InChI is InChI=1S/C16H16N4.C13H10ClNO.C13H11NO.C3H9N3S.7C2H6/c1-17-16-14(12-8-10-18-11-9-12)15(19-20(16)2)13-6-4-3-5-7-13;14-12(10-6-8-15-9-7-10)13(16)11-4-2-1-3-5-11;15-13(12-4-2-1-3-5-12)10-11-6-8-14-9-7-11;1-5-3(7)6(2)4;7*1-2/h3-11,17H,1-2H3;1-9,12H;1-9H,10H2;4H2,1-2H3,(H,5,7);7*1-2H3. The summed E-state index contributed by atoms with van der Waals surface area (Å²) in [5.41, 5.74) is 7.44. The zero-order valence-electron chi connectivity index (χ0n) is 46.7. The van der Waals surface area contributed by atoms with Crippen molar-refractivity contribution in [2.45, 2.75) is 109 Å². The number of aryl methyl sites for hydroxylation is 1. The van der Waals surface area contributed by atoms with E-state index in [4.69, 9.17) is 17.4 Å². The number of halogens is 1.